The van der Waals surface area contributed by atoms with Gasteiger partial charge in [0.2, 0.25) is 0 Å². The summed E-state index contributed by atoms with van der Waals surface area (Å²) in [6.45, 7) is 10.1. The molecule has 4 heteroatoms. The second-order valence-corrected chi connectivity index (χ2v) is 9.36. The molecule has 32 heavy (non-hydrogen) atoms. The lowest BCUT2D eigenvalue weighted by molar-refractivity contribution is -0.164. The average Bonchev–Trinajstić information content (AvgIpc) is 2.79. The molecule has 2 rings (SSSR count). The van der Waals surface area contributed by atoms with Gasteiger partial charge in [-0.05, 0) is 65.0 Å². The molecule has 0 aromatic heterocycles. The molecule has 0 aliphatic carbocycles. The van der Waals surface area contributed by atoms with Crippen molar-refractivity contribution >= 4 is 0 Å². The van der Waals surface area contributed by atoms with Gasteiger partial charge in [0.15, 0.2) is 0 Å². The van der Waals surface area contributed by atoms with Crippen LogP contribution in [0.2, 0.25) is 0 Å². The molecule has 0 amide bonds. The fourth-order valence-corrected chi connectivity index (χ4v) is 5.59. The molecule has 4 unspecified atom stereocenters. The lowest BCUT2D eigenvalue weighted by Crippen LogP contribution is -2.72. The average molecular weight is 441 g/mol. The Balaban J connectivity index is 2.86. The van der Waals surface area contributed by atoms with E-state index in [1.807, 2.05) is 69.6 Å². The highest BCUT2D eigenvalue weighted by Crippen LogP contribution is 2.50. The smallest absolute Gasteiger partial charge is 0.0993 e. The third-order valence-corrected chi connectivity index (χ3v) is 7.16. The van der Waals surface area contributed by atoms with Gasteiger partial charge in [-0.3, -0.25) is 9.80 Å². The van der Waals surface area contributed by atoms with E-state index in [-0.39, 0.29) is 0 Å². The van der Waals surface area contributed by atoms with Crippen LogP contribution in [0.3, 0.4) is 0 Å². The lowest BCUT2D eigenvalue weighted by atomic mass is 9.63. The first-order valence-electron chi connectivity index (χ1n) is 12.2. The van der Waals surface area contributed by atoms with E-state index in [0.29, 0.717) is 0 Å². The zero-order chi connectivity index (χ0) is 23.8. The van der Waals surface area contributed by atoms with Gasteiger partial charge in [-0.2, -0.15) is 0 Å². The van der Waals surface area contributed by atoms with Crippen LogP contribution in [-0.2, 0) is 5.54 Å². The van der Waals surface area contributed by atoms with Crippen molar-refractivity contribution in [1.82, 2.24) is 9.80 Å². The van der Waals surface area contributed by atoms with Gasteiger partial charge >= 0.3 is 0 Å². The molecule has 0 spiro atoms. The van der Waals surface area contributed by atoms with Crippen LogP contribution < -0.4 is 0 Å². The first-order chi connectivity index (χ1) is 15.3. The Morgan fingerprint density at radius 2 is 1.28 bits per heavy atom. The third kappa shape index (κ3) is 4.94. The Morgan fingerprint density at radius 3 is 1.69 bits per heavy atom. The maximum atomic E-state index is 12.1. The summed E-state index contributed by atoms with van der Waals surface area (Å²) >= 11 is 0. The number of hydrogen-bond acceptors (Lipinski definition) is 4. The van der Waals surface area contributed by atoms with Crippen LogP contribution in [0.4, 0.5) is 0 Å². The molecule has 2 N–H and O–H groups in total. The van der Waals surface area contributed by atoms with Gasteiger partial charge in [-0.25, -0.2) is 0 Å². The number of nitrogens with zero attached hydrogens (tertiary/aromatic N) is 2. The van der Waals surface area contributed by atoms with E-state index in [1.54, 1.807) is 0 Å². The minimum absolute atomic E-state index is 0.728. The van der Waals surface area contributed by atoms with E-state index in [0.717, 1.165) is 49.9 Å². The van der Waals surface area contributed by atoms with Crippen molar-refractivity contribution in [1.29, 1.82) is 0 Å². The van der Waals surface area contributed by atoms with Crippen molar-refractivity contribution in [3.63, 3.8) is 0 Å². The summed E-state index contributed by atoms with van der Waals surface area (Å²) in [5.74, 6) is 0. The molecule has 0 fully saturated rings. The highest BCUT2D eigenvalue weighted by Gasteiger charge is 2.60. The largest absolute Gasteiger partial charge is 0.391 e. The van der Waals surface area contributed by atoms with E-state index in [2.05, 4.69) is 42.7 Å². The van der Waals surface area contributed by atoms with Gasteiger partial charge in [0, 0.05) is 0 Å². The number of likely N-dealkylation sites (N-methyl/N-ethyl adjacent to an activating group) is 1. The number of aliphatic hydroxyl groups is 2. The first kappa shape index (κ1) is 26.5. The molecule has 0 heterocycles. The molecule has 178 valence electrons. The first-order valence-corrected chi connectivity index (χ1v) is 12.2. The quantitative estimate of drug-likeness (QED) is 0.448. The van der Waals surface area contributed by atoms with Crippen molar-refractivity contribution in [2.24, 2.45) is 0 Å². The van der Waals surface area contributed by atoms with Crippen LogP contribution >= 0.6 is 0 Å². The SMILES string of the molecule is CCCCN(CCCC)C(C)(C(O)c1ccccc1)C(c1ccccc1)(C(C)O)N(C)C. The van der Waals surface area contributed by atoms with E-state index < -0.39 is 23.3 Å². The number of aliphatic hydroxyl groups excluding tert-OH is 2. The summed E-state index contributed by atoms with van der Waals surface area (Å²) in [7, 11) is 4.04. The van der Waals surface area contributed by atoms with Gasteiger partial charge in [0.25, 0.3) is 0 Å². The van der Waals surface area contributed by atoms with Gasteiger partial charge in [-0.1, -0.05) is 87.4 Å². The maximum absolute atomic E-state index is 12.1. The molecular formula is C28H44N2O2. The van der Waals surface area contributed by atoms with Crippen LogP contribution in [0.25, 0.3) is 0 Å². The second-order valence-electron chi connectivity index (χ2n) is 9.36. The van der Waals surface area contributed by atoms with Gasteiger partial charge in [-0.15, -0.1) is 0 Å². The van der Waals surface area contributed by atoms with E-state index in [9.17, 15) is 10.2 Å². The molecule has 0 aliphatic heterocycles. The summed E-state index contributed by atoms with van der Waals surface area (Å²) in [6, 6.07) is 20.1. The molecule has 2 aromatic carbocycles. The lowest BCUT2D eigenvalue weighted by Gasteiger charge is -2.61. The summed E-state index contributed by atoms with van der Waals surface area (Å²) in [5.41, 5.74) is 0.245. The Labute approximate surface area is 195 Å². The summed E-state index contributed by atoms with van der Waals surface area (Å²) in [6.07, 6.45) is 2.71. The Kier molecular flexibility index (Phi) is 9.90. The number of hydrogen-bond donors (Lipinski definition) is 2. The van der Waals surface area contributed by atoms with Crippen LogP contribution in [0.5, 0.6) is 0 Å². The highest BCUT2D eigenvalue weighted by molar-refractivity contribution is 5.36. The number of rotatable bonds is 13. The van der Waals surface area contributed by atoms with Crippen molar-refractivity contribution in [2.75, 3.05) is 27.2 Å². The number of unbranched alkanes of at least 4 members (excludes halogenated alkanes) is 2. The van der Waals surface area contributed by atoms with Crippen LogP contribution in [0.15, 0.2) is 60.7 Å². The molecule has 4 nitrogen and oxygen atoms in total. The van der Waals surface area contributed by atoms with E-state index >= 15 is 0 Å². The van der Waals surface area contributed by atoms with Gasteiger partial charge < -0.3 is 10.2 Å². The normalized spacial score (nSPS) is 17.7. The predicted octanol–water partition coefficient (Wildman–Crippen LogP) is 5.22. The zero-order valence-corrected chi connectivity index (χ0v) is 21.0. The Bertz CT molecular complexity index is 763. The maximum Gasteiger partial charge on any atom is 0.0993 e. The topological polar surface area (TPSA) is 46.9 Å². The molecule has 0 aliphatic rings. The van der Waals surface area contributed by atoms with Crippen molar-refractivity contribution < 1.29 is 10.2 Å². The molecule has 2 aromatic rings. The van der Waals surface area contributed by atoms with E-state index in [1.165, 1.54) is 0 Å². The van der Waals surface area contributed by atoms with Gasteiger partial charge in [0.05, 0.1) is 23.3 Å². The van der Waals surface area contributed by atoms with E-state index in [4.69, 9.17) is 0 Å². The van der Waals surface area contributed by atoms with Gasteiger partial charge in [0.1, 0.15) is 0 Å². The van der Waals surface area contributed by atoms with Crippen molar-refractivity contribution in [3.05, 3.63) is 71.8 Å². The van der Waals surface area contributed by atoms with Crippen molar-refractivity contribution in [2.45, 2.75) is 76.7 Å². The zero-order valence-electron chi connectivity index (χ0n) is 21.0. The third-order valence-electron chi connectivity index (χ3n) is 7.16. The molecule has 0 saturated carbocycles. The fourth-order valence-electron chi connectivity index (χ4n) is 5.59. The van der Waals surface area contributed by atoms with Crippen LogP contribution in [0.1, 0.15) is 70.6 Å². The second kappa shape index (κ2) is 11.9. The summed E-state index contributed by atoms with van der Waals surface area (Å²) < 4.78 is 0. The minimum atomic E-state index is -0.842. The number of benzene rings is 2. The molecule has 0 saturated heterocycles. The Morgan fingerprint density at radius 1 is 0.812 bits per heavy atom. The van der Waals surface area contributed by atoms with Crippen LogP contribution in [-0.4, -0.2) is 58.8 Å². The van der Waals surface area contributed by atoms with Crippen LogP contribution in [0, 0.1) is 0 Å². The molecule has 0 radical (unpaired) electrons. The summed E-state index contributed by atoms with van der Waals surface area (Å²) in [5, 5.41) is 23.7. The molecule has 4 atom stereocenters. The van der Waals surface area contributed by atoms with Crippen molar-refractivity contribution in [3.8, 4) is 0 Å². The monoisotopic (exact) mass is 440 g/mol. The molecular weight excluding hydrogens is 396 g/mol. The summed E-state index contributed by atoms with van der Waals surface area (Å²) in [4.78, 5) is 4.56. The molecule has 0 bridgehead atoms. The predicted molar refractivity (Wildman–Crippen MR) is 135 cm³/mol. The highest BCUT2D eigenvalue weighted by atomic mass is 16.3. The standard InChI is InChI=1S/C28H44N2O2/c1-7-9-21-30(22-10-8-2)27(4,26(32)24-17-13-11-14-18-24)28(23(3)31,29(5)6)25-19-15-12-16-20-25/h11-20,23,26,31-32H,7-10,21-22H2,1-6H3. The Hall–Kier alpha value is -1.72. The fraction of sp³-hybridized carbons (Fsp3) is 0.571. The minimum Gasteiger partial charge on any atom is -0.391 e.